The van der Waals surface area contributed by atoms with Gasteiger partial charge >= 0.3 is 0 Å². The number of aryl methyl sites for hydroxylation is 2. The molecule has 1 aliphatic carbocycles. The summed E-state index contributed by atoms with van der Waals surface area (Å²) in [5.74, 6) is 0.689. The highest BCUT2D eigenvalue weighted by molar-refractivity contribution is 7.99. The Kier molecular flexibility index (Phi) is 8.53. The number of rotatable bonds is 10. The van der Waals surface area contributed by atoms with E-state index in [4.69, 9.17) is 9.15 Å². The van der Waals surface area contributed by atoms with Gasteiger partial charge in [0, 0.05) is 40.7 Å². The average Bonchev–Trinajstić information content (AvgIpc) is 3.42. The summed E-state index contributed by atoms with van der Waals surface area (Å²) in [7, 11) is 3.98. The molecule has 1 amide bonds. The van der Waals surface area contributed by atoms with E-state index in [9.17, 15) is 9.59 Å². The van der Waals surface area contributed by atoms with Crippen LogP contribution < -0.4 is 15.5 Å². The molecule has 7 nitrogen and oxygen atoms in total. The van der Waals surface area contributed by atoms with Gasteiger partial charge in [-0.05, 0) is 88.3 Å². The van der Waals surface area contributed by atoms with Crippen molar-refractivity contribution in [3.05, 3.63) is 70.1 Å². The molecule has 0 spiro atoms. The first-order chi connectivity index (χ1) is 18.9. The van der Waals surface area contributed by atoms with E-state index in [0.29, 0.717) is 53.2 Å². The number of amides is 1. The van der Waals surface area contributed by atoms with Gasteiger partial charge in [-0.2, -0.15) is 0 Å². The number of carbonyl (C=O) groups is 1. The number of carbonyl (C=O) groups excluding carboxylic acids is 1. The standard InChI is InChI=1S/C31H35N3O4S/c1-20-16-26-30(36)25-12-11-23(18-27(25)38-31(26)28(17-20)37-15-14-34(2)3)39-24-10-8-21(32-19-24)9-13-29(35)33-22-6-4-5-7-22/h8,10-12,16-19,22H,4-7,9,13-15H2,1-3H3,(H,33,35). The second-order valence-corrected chi connectivity index (χ2v) is 11.7. The molecular weight excluding hydrogens is 510 g/mol. The van der Waals surface area contributed by atoms with E-state index in [0.717, 1.165) is 40.4 Å². The number of nitrogens with one attached hydrogen (secondary N) is 1. The molecule has 0 saturated heterocycles. The Hall–Kier alpha value is -3.36. The SMILES string of the molecule is Cc1cc(OCCN(C)C)c2oc3cc(Sc4ccc(CCC(=O)NC5CCCC5)nc4)ccc3c(=O)c2c1. The highest BCUT2D eigenvalue weighted by Crippen LogP contribution is 2.33. The molecular formula is C31H35N3O4S. The third-order valence-electron chi connectivity index (χ3n) is 7.01. The number of hydrogen-bond donors (Lipinski definition) is 1. The minimum Gasteiger partial charge on any atom is -0.488 e. The summed E-state index contributed by atoms with van der Waals surface area (Å²) in [5, 5.41) is 4.20. The van der Waals surface area contributed by atoms with Gasteiger partial charge in [-0.15, -0.1) is 0 Å². The van der Waals surface area contributed by atoms with Crippen molar-refractivity contribution in [1.29, 1.82) is 0 Å². The largest absolute Gasteiger partial charge is 0.488 e. The Morgan fingerprint density at radius 1 is 1.10 bits per heavy atom. The first-order valence-corrected chi connectivity index (χ1v) is 14.4. The third-order valence-corrected chi connectivity index (χ3v) is 7.98. The fourth-order valence-electron chi connectivity index (χ4n) is 4.92. The van der Waals surface area contributed by atoms with Gasteiger partial charge in [0.05, 0.1) is 10.8 Å². The zero-order valence-corrected chi connectivity index (χ0v) is 23.6. The van der Waals surface area contributed by atoms with Crippen molar-refractivity contribution in [3.63, 3.8) is 0 Å². The van der Waals surface area contributed by atoms with Gasteiger partial charge in [-0.3, -0.25) is 14.6 Å². The Morgan fingerprint density at radius 3 is 2.64 bits per heavy atom. The minimum absolute atomic E-state index is 0.0630. The van der Waals surface area contributed by atoms with Crippen LogP contribution in [0.3, 0.4) is 0 Å². The Balaban J connectivity index is 1.30. The molecule has 0 atom stereocenters. The molecule has 8 heteroatoms. The summed E-state index contributed by atoms with van der Waals surface area (Å²) in [5.41, 5.74) is 2.78. The van der Waals surface area contributed by atoms with Gasteiger partial charge < -0.3 is 19.4 Å². The second-order valence-electron chi connectivity index (χ2n) is 10.5. The third kappa shape index (κ3) is 6.81. The topological polar surface area (TPSA) is 84.7 Å². The summed E-state index contributed by atoms with van der Waals surface area (Å²) in [6.45, 7) is 3.21. The van der Waals surface area contributed by atoms with Crippen molar-refractivity contribution in [2.75, 3.05) is 27.2 Å². The number of nitrogens with zero attached hydrogens (tertiary/aromatic N) is 2. The van der Waals surface area contributed by atoms with Crippen LogP contribution in [-0.4, -0.2) is 49.1 Å². The minimum atomic E-state index is -0.0630. The maximum atomic E-state index is 13.3. The number of ether oxygens (including phenoxy) is 1. The maximum Gasteiger partial charge on any atom is 0.220 e. The summed E-state index contributed by atoms with van der Waals surface area (Å²) >= 11 is 1.55. The van der Waals surface area contributed by atoms with Crippen LogP contribution in [0.1, 0.15) is 43.4 Å². The van der Waals surface area contributed by atoms with E-state index in [1.54, 1.807) is 11.8 Å². The number of aromatic nitrogens is 1. The zero-order chi connectivity index (χ0) is 27.4. The molecule has 5 rings (SSSR count). The van der Waals surface area contributed by atoms with E-state index in [2.05, 4.69) is 10.3 Å². The summed E-state index contributed by atoms with van der Waals surface area (Å²) in [6, 6.07) is 13.8. The highest BCUT2D eigenvalue weighted by Gasteiger charge is 2.17. The lowest BCUT2D eigenvalue weighted by atomic mass is 10.1. The van der Waals surface area contributed by atoms with Gasteiger partial charge in [0.2, 0.25) is 11.3 Å². The molecule has 1 fully saturated rings. The smallest absolute Gasteiger partial charge is 0.220 e. The normalized spacial score (nSPS) is 13.9. The molecule has 2 heterocycles. The van der Waals surface area contributed by atoms with E-state index in [1.165, 1.54) is 12.8 Å². The number of likely N-dealkylation sites (N-methyl/N-ethyl adjacent to an activating group) is 1. The Bertz CT molecular complexity index is 1530. The molecule has 204 valence electrons. The fraction of sp³-hybridized carbons (Fsp3) is 0.387. The van der Waals surface area contributed by atoms with Crippen LogP contribution in [-0.2, 0) is 11.2 Å². The first kappa shape index (κ1) is 27.2. The molecule has 39 heavy (non-hydrogen) atoms. The van der Waals surface area contributed by atoms with E-state index < -0.39 is 0 Å². The predicted octanol–water partition coefficient (Wildman–Crippen LogP) is 5.73. The molecule has 0 bridgehead atoms. The molecule has 2 aromatic carbocycles. The van der Waals surface area contributed by atoms with Gasteiger partial charge in [0.25, 0.3) is 0 Å². The summed E-state index contributed by atoms with van der Waals surface area (Å²) in [4.78, 5) is 34.1. The maximum absolute atomic E-state index is 13.3. The van der Waals surface area contributed by atoms with Gasteiger partial charge in [0.1, 0.15) is 12.2 Å². The quantitative estimate of drug-likeness (QED) is 0.255. The molecule has 0 radical (unpaired) electrons. The van der Waals surface area contributed by atoms with Crippen LogP contribution in [0, 0.1) is 6.92 Å². The monoisotopic (exact) mass is 545 g/mol. The van der Waals surface area contributed by atoms with Crippen LogP contribution in [0.4, 0.5) is 0 Å². The number of benzene rings is 2. The van der Waals surface area contributed by atoms with Crippen molar-refractivity contribution >= 4 is 39.6 Å². The van der Waals surface area contributed by atoms with Crippen molar-refractivity contribution in [3.8, 4) is 5.75 Å². The molecule has 1 aliphatic rings. The molecule has 1 saturated carbocycles. The molecule has 1 N–H and O–H groups in total. The van der Waals surface area contributed by atoms with Crippen molar-refractivity contribution in [2.45, 2.75) is 61.3 Å². The summed E-state index contributed by atoms with van der Waals surface area (Å²) < 4.78 is 12.3. The van der Waals surface area contributed by atoms with Crippen LogP contribution >= 0.6 is 11.8 Å². The van der Waals surface area contributed by atoms with Gasteiger partial charge in [-0.25, -0.2) is 0 Å². The molecule has 2 aromatic heterocycles. The van der Waals surface area contributed by atoms with Gasteiger partial charge in [-0.1, -0.05) is 24.6 Å². The second kappa shape index (κ2) is 12.2. The lowest BCUT2D eigenvalue weighted by molar-refractivity contribution is -0.121. The van der Waals surface area contributed by atoms with E-state index in [1.807, 2.05) is 74.6 Å². The van der Waals surface area contributed by atoms with Crippen molar-refractivity contribution < 1.29 is 13.9 Å². The van der Waals surface area contributed by atoms with Crippen LogP contribution in [0.2, 0.25) is 0 Å². The van der Waals surface area contributed by atoms with E-state index in [-0.39, 0.29) is 11.3 Å². The van der Waals surface area contributed by atoms with Crippen LogP contribution in [0.25, 0.3) is 21.9 Å². The molecule has 0 aliphatic heterocycles. The highest BCUT2D eigenvalue weighted by atomic mass is 32.2. The first-order valence-electron chi connectivity index (χ1n) is 13.6. The van der Waals surface area contributed by atoms with Crippen LogP contribution in [0.15, 0.2) is 67.7 Å². The van der Waals surface area contributed by atoms with Gasteiger partial charge in [0.15, 0.2) is 11.3 Å². The zero-order valence-electron chi connectivity index (χ0n) is 22.8. The Labute approximate surface area is 232 Å². The molecule has 0 unspecified atom stereocenters. The van der Waals surface area contributed by atoms with E-state index >= 15 is 0 Å². The number of hydrogen-bond acceptors (Lipinski definition) is 7. The lowest BCUT2D eigenvalue weighted by Crippen LogP contribution is -2.32. The molecule has 4 aromatic rings. The number of fused-ring (bicyclic) bond motifs is 2. The fourth-order valence-corrected chi connectivity index (χ4v) is 5.74. The van der Waals surface area contributed by atoms with Crippen molar-refractivity contribution in [1.82, 2.24) is 15.2 Å². The average molecular weight is 546 g/mol. The summed E-state index contributed by atoms with van der Waals surface area (Å²) in [6.07, 6.45) is 7.50. The van der Waals surface area contributed by atoms with Crippen molar-refractivity contribution in [2.24, 2.45) is 0 Å². The number of pyridine rings is 1. The van der Waals surface area contributed by atoms with Crippen LogP contribution in [0.5, 0.6) is 5.75 Å². The Morgan fingerprint density at radius 2 is 1.90 bits per heavy atom. The predicted molar refractivity (Wildman–Crippen MR) is 156 cm³/mol. The lowest BCUT2D eigenvalue weighted by Gasteiger charge is -2.13.